The van der Waals surface area contributed by atoms with Gasteiger partial charge in [-0.3, -0.25) is 0 Å². The lowest BCUT2D eigenvalue weighted by molar-refractivity contribution is 0.212. The van der Waals surface area contributed by atoms with Gasteiger partial charge in [0.2, 0.25) is 0 Å². The van der Waals surface area contributed by atoms with Gasteiger partial charge in [-0.25, -0.2) is 4.98 Å². The van der Waals surface area contributed by atoms with E-state index >= 15 is 0 Å². The van der Waals surface area contributed by atoms with E-state index in [2.05, 4.69) is 27.7 Å². The number of hydrogen-bond acceptors (Lipinski definition) is 3. The monoisotopic (exact) mass is 293 g/mol. The van der Waals surface area contributed by atoms with Gasteiger partial charge in [-0.05, 0) is 31.5 Å². The molecule has 0 saturated carbocycles. The molecule has 3 rings (SSSR count). The fraction of sp³-hybridized carbons (Fsp3) is 0.222. The Bertz CT molecular complexity index is 774. The van der Waals surface area contributed by atoms with E-state index in [1.165, 1.54) is 11.1 Å². The zero-order valence-electron chi connectivity index (χ0n) is 13.1. The molecule has 2 heterocycles. The molecule has 0 bridgehead atoms. The molecule has 0 radical (unpaired) electrons. The van der Waals surface area contributed by atoms with Crippen molar-refractivity contribution in [2.45, 2.75) is 20.4 Å². The Morgan fingerprint density at radius 1 is 1.14 bits per heavy atom. The van der Waals surface area contributed by atoms with Crippen molar-refractivity contribution in [3.05, 3.63) is 65.5 Å². The van der Waals surface area contributed by atoms with Crippen LogP contribution in [0.2, 0.25) is 0 Å². The largest absolute Gasteiger partial charge is 0.399 e. The van der Waals surface area contributed by atoms with E-state index in [9.17, 15) is 0 Å². The molecule has 0 unspecified atom stereocenters. The summed E-state index contributed by atoms with van der Waals surface area (Å²) in [6, 6.07) is 14.2. The number of nitrogens with zero attached hydrogens (tertiary/aromatic N) is 3. The third-order valence-electron chi connectivity index (χ3n) is 3.89. The molecule has 0 aliphatic carbocycles. The van der Waals surface area contributed by atoms with Crippen LogP contribution >= 0.6 is 0 Å². The second kappa shape index (κ2) is 6.02. The molecule has 1 aromatic carbocycles. The zero-order valence-corrected chi connectivity index (χ0v) is 13.1. The minimum atomic E-state index is 0.616. The molecular formula is C18H19N3O. The molecule has 0 fully saturated rings. The molecule has 0 spiro atoms. The lowest BCUT2D eigenvalue weighted by Gasteiger charge is -2.13. The van der Waals surface area contributed by atoms with Crippen LogP contribution in [0, 0.1) is 13.8 Å². The van der Waals surface area contributed by atoms with Gasteiger partial charge in [-0.1, -0.05) is 35.5 Å². The molecule has 0 aromatic heterocycles. The number of benzene rings is 1. The maximum absolute atomic E-state index is 5.03. The molecule has 1 aromatic rings. The maximum atomic E-state index is 5.03. The van der Waals surface area contributed by atoms with Crippen LogP contribution < -0.4 is 0 Å². The first-order valence-corrected chi connectivity index (χ1v) is 7.28. The third kappa shape index (κ3) is 2.60. The van der Waals surface area contributed by atoms with Crippen molar-refractivity contribution >= 4 is 5.71 Å². The molecule has 0 atom stereocenters. The van der Waals surface area contributed by atoms with Gasteiger partial charge in [-0.2, -0.15) is 0 Å². The molecule has 0 amide bonds. The summed E-state index contributed by atoms with van der Waals surface area (Å²) in [6.07, 6.45) is 2.03. The lowest BCUT2D eigenvalue weighted by atomic mass is 10.1. The van der Waals surface area contributed by atoms with E-state index in [0.717, 1.165) is 22.8 Å². The molecule has 2 aliphatic rings. The van der Waals surface area contributed by atoms with Crippen LogP contribution in [0.1, 0.15) is 16.8 Å². The average Bonchev–Trinajstić information content (AvgIpc) is 2.84. The number of rotatable bonds is 4. The standard InChI is InChI=1S/C18H19N3O/c1-13-14(2)19-18-16(13)10-7-11-21(18)12-17(20-22-3)15-8-5-4-6-9-15/h4-11H,12H2,1-3H3/b20-17+. The fourth-order valence-electron chi connectivity index (χ4n) is 2.60. The number of pyridine rings is 1. The van der Waals surface area contributed by atoms with E-state index in [1.54, 1.807) is 7.11 Å². The van der Waals surface area contributed by atoms with Crippen molar-refractivity contribution in [2.24, 2.45) is 5.16 Å². The number of fused-ring (bicyclic) bond motifs is 1. The predicted octanol–water partition coefficient (Wildman–Crippen LogP) is 3.66. The van der Waals surface area contributed by atoms with Gasteiger partial charge in [0, 0.05) is 23.0 Å². The molecule has 22 heavy (non-hydrogen) atoms. The summed E-state index contributed by atoms with van der Waals surface area (Å²) in [6.45, 7) is 4.77. The SMILES string of the molecule is CO/N=C(\Cn1cccc2c(C)c(C)nc1-2)c1ccccc1. The molecule has 4 heteroatoms. The maximum Gasteiger partial charge on any atom is 0.140 e. The first kappa shape index (κ1) is 14.3. The van der Waals surface area contributed by atoms with Crippen LogP contribution in [-0.4, -0.2) is 22.4 Å². The molecule has 0 N–H and O–H groups in total. The smallest absolute Gasteiger partial charge is 0.140 e. The van der Waals surface area contributed by atoms with Gasteiger partial charge in [0.25, 0.3) is 0 Å². The molecule has 0 saturated heterocycles. The summed E-state index contributed by atoms with van der Waals surface area (Å²) in [5, 5.41) is 4.19. The highest BCUT2D eigenvalue weighted by molar-refractivity contribution is 6.00. The van der Waals surface area contributed by atoms with Crippen molar-refractivity contribution < 1.29 is 4.84 Å². The Morgan fingerprint density at radius 2 is 1.91 bits per heavy atom. The topological polar surface area (TPSA) is 39.4 Å². The first-order valence-electron chi connectivity index (χ1n) is 7.28. The predicted molar refractivity (Wildman–Crippen MR) is 88.3 cm³/mol. The molecule has 4 nitrogen and oxygen atoms in total. The summed E-state index contributed by atoms with van der Waals surface area (Å²) in [7, 11) is 1.57. The van der Waals surface area contributed by atoms with Gasteiger partial charge in [0.1, 0.15) is 18.6 Å². The Hall–Kier alpha value is -2.62. The zero-order chi connectivity index (χ0) is 15.5. The van der Waals surface area contributed by atoms with E-state index in [0.29, 0.717) is 6.54 Å². The van der Waals surface area contributed by atoms with E-state index in [-0.39, 0.29) is 0 Å². The molecule has 2 aliphatic heterocycles. The van der Waals surface area contributed by atoms with Crippen LogP contribution in [0.3, 0.4) is 0 Å². The summed E-state index contributed by atoms with van der Waals surface area (Å²) in [5.74, 6) is 0.984. The Kier molecular flexibility index (Phi) is 3.92. The highest BCUT2D eigenvalue weighted by atomic mass is 16.6. The highest BCUT2D eigenvalue weighted by Crippen LogP contribution is 2.27. The van der Waals surface area contributed by atoms with Crippen molar-refractivity contribution in [3.8, 4) is 11.4 Å². The summed E-state index contributed by atoms with van der Waals surface area (Å²) >= 11 is 0. The molecule has 112 valence electrons. The van der Waals surface area contributed by atoms with Crippen LogP contribution in [0.5, 0.6) is 0 Å². The van der Waals surface area contributed by atoms with Gasteiger partial charge in [0.15, 0.2) is 0 Å². The third-order valence-corrected chi connectivity index (χ3v) is 3.89. The van der Waals surface area contributed by atoms with Crippen LogP contribution in [0.15, 0.2) is 53.8 Å². The highest BCUT2D eigenvalue weighted by Gasteiger charge is 2.16. The minimum absolute atomic E-state index is 0.616. The van der Waals surface area contributed by atoms with Crippen LogP contribution in [-0.2, 0) is 11.4 Å². The van der Waals surface area contributed by atoms with Crippen molar-refractivity contribution in [1.29, 1.82) is 0 Å². The van der Waals surface area contributed by atoms with Gasteiger partial charge in [0.05, 0.1) is 6.54 Å². The van der Waals surface area contributed by atoms with Crippen molar-refractivity contribution in [3.63, 3.8) is 0 Å². The van der Waals surface area contributed by atoms with E-state index in [4.69, 9.17) is 4.84 Å². The minimum Gasteiger partial charge on any atom is -0.399 e. The van der Waals surface area contributed by atoms with Crippen LogP contribution in [0.4, 0.5) is 0 Å². The van der Waals surface area contributed by atoms with Gasteiger partial charge in [-0.15, -0.1) is 0 Å². The van der Waals surface area contributed by atoms with E-state index < -0.39 is 0 Å². The second-order valence-corrected chi connectivity index (χ2v) is 5.28. The molecular weight excluding hydrogens is 274 g/mol. The summed E-state index contributed by atoms with van der Waals surface area (Å²) in [4.78, 5) is 9.71. The normalized spacial score (nSPS) is 11.9. The fourth-order valence-corrected chi connectivity index (χ4v) is 2.60. The number of aromatic nitrogens is 2. The van der Waals surface area contributed by atoms with Gasteiger partial charge < -0.3 is 9.40 Å². The number of aryl methyl sites for hydroxylation is 1. The number of hydrogen-bond donors (Lipinski definition) is 0. The lowest BCUT2D eigenvalue weighted by Crippen LogP contribution is -2.14. The van der Waals surface area contributed by atoms with Crippen molar-refractivity contribution in [2.75, 3.05) is 7.11 Å². The first-order chi connectivity index (χ1) is 10.7. The van der Waals surface area contributed by atoms with Crippen LogP contribution in [0.25, 0.3) is 11.4 Å². The second-order valence-electron chi connectivity index (χ2n) is 5.28. The van der Waals surface area contributed by atoms with Crippen molar-refractivity contribution in [1.82, 2.24) is 9.55 Å². The Balaban J connectivity index is 2.01. The average molecular weight is 293 g/mol. The summed E-state index contributed by atoms with van der Waals surface area (Å²) < 4.78 is 2.11. The summed E-state index contributed by atoms with van der Waals surface area (Å²) in [5.41, 5.74) is 5.41. The van der Waals surface area contributed by atoms with Gasteiger partial charge >= 0.3 is 0 Å². The number of oxime groups is 1. The Labute approximate surface area is 130 Å². The van der Waals surface area contributed by atoms with E-state index in [1.807, 2.05) is 49.5 Å². The quantitative estimate of drug-likeness (QED) is 0.544. The Morgan fingerprint density at radius 3 is 2.64 bits per heavy atom.